The van der Waals surface area contributed by atoms with Crippen molar-refractivity contribution in [3.63, 3.8) is 0 Å². The molecule has 30 heavy (non-hydrogen) atoms. The minimum absolute atomic E-state index is 0.500. The predicted octanol–water partition coefficient (Wildman–Crippen LogP) is 3.78. The van der Waals surface area contributed by atoms with Crippen LogP contribution in [0, 0.1) is 0 Å². The van der Waals surface area contributed by atoms with E-state index in [9.17, 15) is 0 Å². The van der Waals surface area contributed by atoms with Gasteiger partial charge >= 0.3 is 0 Å². The van der Waals surface area contributed by atoms with Gasteiger partial charge in [-0.1, -0.05) is 30.3 Å². The van der Waals surface area contributed by atoms with E-state index < -0.39 is 0 Å². The van der Waals surface area contributed by atoms with E-state index in [1.807, 2.05) is 21.1 Å². The molecule has 3 aromatic rings. The van der Waals surface area contributed by atoms with Crippen molar-refractivity contribution in [3.05, 3.63) is 59.9 Å². The molecule has 1 fully saturated rings. The van der Waals surface area contributed by atoms with Crippen LogP contribution in [0.3, 0.4) is 0 Å². The van der Waals surface area contributed by atoms with Crippen molar-refractivity contribution in [3.8, 4) is 0 Å². The van der Waals surface area contributed by atoms with Crippen LogP contribution >= 0.6 is 0 Å². The lowest BCUT2D eigenvalue weighted by Crippen LogP contribution is -2.23. The zero-order chi connectivity index (χ0) is 21.3. The lowest BCUT2D eigenvalue weighted by Gasteiger charge is -2.36. The number of nitrogens with one attached hydrogen (secondary N) is 4. The first-order chi connectivity index (χ1) is 14.7. The number of aromatic nitrogens is 4. The molecule has 1 aliphatic carbocycles. The smallest absolute Gasteiger partial charge is 0.224 e. The molecule has 0 spiro atoms. The molecule has 158 valence electrons. The first kappa shape index (κ1) is 21.3. The van der Waals surface area contributed by atoms with Gasteiger partial charge in [-0.05, 0) is 30.4 Å². The van der Waals surface area contributed by atoms with Gasteiger partial charge in [0.1, 0.15) is 11.6 Å². The molecule has 4 N–H and O–H groups in total. The van der Waals surface area contributed by atoms with E-state index in [0.29, 0.717) is 23.7 Å². The van der Waals surface area contributed by atoms with E-state index >= 15 is 0 Å². The summed E-state index contributed by atoms with van der Waals surface area (Å²) in [6.45, 7) is 0. The largest absolute Gasteiger partial charge is 0.373 e. The van der Waals surface area contributed by atoms with Gasteiger partial charge in [-0.3, -0.25) is 0 Å². The summed E-state index contributed by atoms with van der Waals surface area (Å²) in [6.07, 6.45) is 4.13. The maximum Gasteiger partial charge on any atom is 0.224 e. The van der Waals surface area contributed by atoms with Crippen molar-refractivity contribution in [2.75, 3.05) is 49.5 Å². The van der Waals surface area contributed by atoms with Gasteiger partial charge in [0.15, 0.2) is 0 Å². The summed E-state index contributed by atoms with van der Waals surface area (Å²) in [7, 11) is 7.35. The van der Waals surface area contributed by atoms with Gasteiger partial charge in [-0.2, -0.15) is 9.97 Å². The van der Waals surface area contributed by atoms with Crippen LogP contribution in [0.4, 0.5) is 23.5 Å². The Morgan fingerprint density at radius 2 is 1.37 bits per heavy atom. The third-order valence-electron chi connectivity index (χ3n) is 5.24. The zero-order valence-electron chi connectivity index (χ0n) is 18.0. The molecule has 1 saturated carbocycles. The van der Waals surface area contributed by atoms with Gasteiger partial charge in [-0.15, -0.1) is 0 Å². The summed E-state index contributed by atoms with van der Waals surface area (Å²) in [5.74, 6) is 4.09. The Labute approximate surface area is 178 Å². The second kappa shape index (κ2) is 10.4. The molecule has 4 rings (SSSR count). The van der Waals surface area contributed by atoms with Crippen LogP contribution in [0.2, 0.25) is 0 Å². The Bertz CT molecular complexity index is 890. The van der Waals surface area contributed by atoms with Gasteiger partial charge in [0.05, 0.1) is 5.69 Å². The Kier molecular flexibility index (Phi) is 7.37. The van der Waals surface area contributed by atoms with Crippen molar-refractivity contribution in [2.45, 2.75) is 24.7 Å². The second-order valence-electron chi connectivity index (χ2n) is 6.97. The highest BCUT2D eigenvalue weighted by atomic mass is 15.1. The van der Waals surface area contributed by atoms with E-state index in [2.05, 4.69) is 77.6 Å². The number of rotatable bonds is 6. The van der Waals surface area contributed by atoms with Crippen LogP contribution in [0.15, 0.2) is 48.7 Å². The minimum Gasteiger partial charge on any atom is -0.373 e. The van der Waals surface area contributed by atoms with Crippen molar-refractivity contribution in [2.24, 2.45) is 0 Å². The van der Waals surface area contributed by atoms with Gasteiger partial charge in [-0.25, -0.2) is 9.97 Å². The lowest BCUT2D eigenvalue weighted by molar-refractivity contribution is 0.340. The first-order valence-corrected chi connectivity index (χ1v) is 10.2. The highest BCUT2D eigenvalue weighted by Gasteiger charge is 2.34. The van der Waals surface area contributed by atoms with E-state index in [0.717, 1.165) is 17.3 Å². The zero-order valence-corrected chi connectivity index (χ0v) is 18.0. The molecule has 2 heterocycles. The van der Waals surface area contributed by atoms with Crippen LogP contribution in [-0.4, -0.2) is 48.1 Å². The summed E-state index contributed by atoms with van der Waals surface area (Å²) in [4.78, 5) is 17.0. The number of anilines is 4. The fourth-order valence-corrected chi connectivity index (χ4v) is 3.47. The normalized spacial score (nSPS) is 17.1. The molecule has 0 bridgehead atoms. The highest BCUT2D eigenvalue weighted by Crippen LogP contribution is 2.48. The van der Waals surface area contributed by atoms with E-state index in [4.69, 9.17) is 0 Å². The molecule has 0 radical (unpaired) electrons. The number of nitrogens with zero attached hydrogens (tertiary/aromatic N) is 4. The number of hydrogen-bond acceptors (Lipinski definition) is 8. The third kappa shape index (κ3) is 5.14. The van der Waals surface area contributed by atoms with E-state index in [-0.39, 0.29) is 0 Å². The van der Waals surface area contributed by atoms with Gasteiger partial charge in [0.2, 0.25) is 11.9 Å². The molecule has 8 heteroatoms. The summed E-state index contributed by atoms with van der Waals surface area (Å²) in [6, 6.07) is 14.6. The Balaban J connectivity index is 0.000000216. The molecule has 1 aromatic carbocycles. The second-order valence-corrected chi connectivity index (χ2v) is 6.97. The molecule has 0 amide bonds. The maximum atomic E-state index is 4.64. The Morgan fingerprint density at radius 1 is 0.700 bits per heavy atom. The van der Waals surface area contributed by atoms with Gasteiger partial charge in [0.25, 0.3) is 0 Å². The van der Waals surface area contributed by atoms with Crippen LogP contribution in [-0.2, 0) is 0 Å². The molecular weight excluding hydrogens is 376 g/mol. The Hall–Kier alpha value is -3.42. The number of benzene rings is 1. The first-order valence-electron chi connectivity index (χ1n) is 10.2. The molecule has 1 unspecified atom stereocenters. The monoisotopic (exact) mass is 406 g/mol. The van der Waals surface area contributed by atoms with Crippen LogP contribution in [0.25, 0.3) is 0 Å². The van der Waals surface area contributed by atoms with E-state index in [1.54, 1.807) is 19.3 Å². The van der Waals surface area contributed by atoms with Crippen molar-refractivity contribution in [1.29, 1.82) is 0 Å². The van der Waals surface area contributed by atoms with E-state index in [1.165, 1.54) is 18.4 Å². The van der Waals surface area contributed by atoms with Gasteiger partial charge < -0.3 is 21.3 Å². The van der Waals surface area contributed by atoms with Crippen molar-refractivity contribution >= 4 is 23.5 Å². The fourth-order valence-electron chi connectivity index (χ4n) is 3.47. The van der Waals surface area contributed by atoms with Crippen molar-refractivity contribution < 1.29 is 0 Å². The standard InChI is InChI=1S/C16H20N4.C6H10N4/c1-17-15-10-14(19-16(18-2)20-15)13-9-8-12(13)11-6-4-3-5-7-11;1-7-5-3-4-9-6(8-2)10-5/h3-7,10,12-13H,8-9H2,1-2H3,(H2,17,18,19,20);3-4H,1-2H3,(H2,7,8,9,10)/t12?,13-;/m0./s1. The van der Waals surface area contributed by atoms with Gasteiger partial charge in [0, 0.05) is 46.4 Å². The minimum atomic E-state index is 0.500. The quantitative estimate of drug-likeness (QED) is 0.491. The van der Waals surface area contributed by atoms with Crippen LogP contribution in [0.1, 0.15) is 35.9 Å². The fraction of sp³-hybridized carbons (Fsp3) is 0.364. The highest BCUT2D eigenvalue weighted by molar-refractivity contribution is 5.44. The molecule has 2 aromatic heterocycles. The molecule has 0 aliphatic heterocycles. The summed E-state index contributed by atoms with van der Waals surface area (Å²) >= 11 is 0. The average Bonchev–Trinajstić information content (AvgIpc) is 2.79. The number of hydrogen-bond donors (Lipinski definition) is 4. The Morgan fingerprint density at radius 3 is 1.97 bits per heavy atom. The van der Waals surface area contributed by atoms with Crippen molar-refractivity contribution in [1.82, 2.24) is 19.9 Å². The SMILES string of the molecule is CNc1cc([C@H]2CCC2c2ccccc2)nc(NC)n1.CNc1ccnc(NC)n1. The molecular formula is C22H30N8. The maximum absolute atomic E-state index is 4.64. The average molecular weight is 407 g/mol. The molecule has 0 saturated heterocycles. The molecule has 2 atom stereocenters. The predicted molar refractivity (Wildman–Crippen MR) is 123 cm³/mol. The topological polar surface area (TPSA) is 99.7 Å². The van der Waals surface area contributed by atoms with Crippen LogP contribution in [0.5, 0.6) is 0 Å². The summed E-state index contributed by atoms with van der Waals surface area (Å²) < 4.78 is 0. The summed E-state index contributed by atoms with van der Waals surface area (Å²) in [5.41, 5.74) is 2.55. The molecule has 1 aliphatic rings. The molecule has 8 nitrogen and oxygen atoms in total. The summed E-state index contributed by atoms with van der Waals surface area (Å²) in [5, 5.41) is 11.9. The lowest BCUT2D eigenvalue weighted by atomic mass is 9.68. The third-order valence-corrected chi connectivity index (χ3v) is 5.24. The van der Waals surface area contributed by atoms with Crippen LogP contribution < -0.4 is 21.3 Å².